The lowest BCUT2D eigenvalue weighted by atomic mass is 10.1. The molecule has 6 nitrogen and oxygen atoms in total. The van der Waals surface area contributed by atoms with E-state index in [1.165, 1.54) is 24.4 Å². The predicted octanol–water partition coefficient (Wildman–Crippen LogP) is 4.22. The van der Waals surface area contributed by atoms with Gasteiger partial charge in [0.05, 0.1) is 21.7 Å². The molecule has 0 unspecified atom stereocenters. The van der Waals surface area contributed by atoms with Crippen molar-refractivity contribution in [2.75, 3.05) is 0 Å². The van der Waals surface area contributed by atoms with Crippen LogP contribution in [0.1, 0.15) is 11.1 Å². The highest BCUT2D eigenvalue weighted by atomic mass is 32.2. The van der Waals surface area contributed by atoms with Gasteiger partial charge in [-0.3, -0.25) is 9.59 Å². The van der Waals surface area contributed by atoms with Gasteiger partial charge in [-0.25, -0.2) is 12.4 Å². The highest BCUT2D eigenvalue weighted by Gasteiger charge is 2.32. The molecule has 11 heteroatoms. The van der Waals surface area contributed by atoms with Crippen molar-refractivity contribution in [3.8, 4) is 0 Å². The zero-order chi connectivity index (χ0) is 21.7. The van der Waals surface area contributed by atoms with Gasteiger partial charge in [0.25, 0.3) is 15.3 Å². The Morgan fingerprint density at radius 2 is 1.77 bits per heavy atom. The van der Waals surface area contributed by atoms with E-state index in [0.29, 0.717) is 28.8 Å². The molecular weight excluding hydrogens is 441 g/mol. The van der Waals surface area contributed by atoms with Crippen molar-refractivity contribution in [1.82, 2.24) is 9.29 Å². The molecule has 1 saturated heterocycles. The van der Waals surface area contributed by atoms with Crippen molar-refractivity contribution in [3.05, 3.63) is 71.6 Å². The van der Waals surface area contributed by atoms with Crippen LogP contribution in [0.15, 0.2) is 65.3 Å². The van der Waals surface area contributed by atoms with E-state index in [2.05, 4.69) is 5.32 Å². The maximum Gasteiger partial charge on any atom is 0.416 e. The molecular formula is C19H11F3N2O4S2. The molecule has 1 aromatic heterocycles. The summed E-state index contributed by atoms with van der Waals surface area (Å²) < 4.78 is 65.9. The summed E-state index contributed by atoms with van der Waals surface area (Å²) in [5, 5.41) is 1.87. The Balaban J connectivity index is 1.83. The fraction of sp³-hybridized carbons (Fsp3) is 0.0526. The van der Waals surface area contributed by atoms with Gasteiger partial charge >= 0.3 is 6.18 Å². The van der Waals surface area contributed by atoms with E-state index in [9.17, 15) is 31.2 Å². The standard InChI is InChI=1S/C19H11F3N2O4S2/c20-19(21,22)12-4-2-5-13(10-12)30(27,28)24-8-7-14-11(3-1-6-16(14)24)9-15-17(25)29-18(26)23-15/h1-10H,(H,23,26). The van der Waals surface area contributed by atoms with Crippen molar-refractivity contribution in [2.24, 2.45) is 0 Å². The maximum atomic E-state index is 13.0. The molecule has 4 rings (SSSR count). The summed E-state index contributed by atoms with van der Waals surface area (Å²) in [7, 11) is -4.31. The molecule has 1 fully saturated rings. The maximum absolute atomic E-state index is 13.0. The third kappa shape index (κ3) is 3.50. The van der Waals surface area contributed by atoms with E-state index in [0.717, 1.165) is 22.2 Å². The second kappa shape index (κ2) is 7.03. The van der Waals surface area contributed by atoms with Crippen LogP contribution in [0.2, 0.25) is 0 Å². The molecule has 0 aliphatic carbocycles. The number of nitrogens with zero attached hydrogens (tertiary/aromatic N) is 1. The number of nitrogens with one attached hydrogen (secondary N) is 1. The number of alkyl halides is 3. The summed E-state index contributed by atoms with van der Waals surface area (Å²) in [5.41, 5.74) is -0.327. The molecule has 2 heterocycles. The van der Waals surface area contributed by atoms with Gasteiger partial charge in [0.1, 0.15) is 0 Å². The van der Waals surface area contributed by atoms with Crippen molar-refractivity contribution in [2.45, 2.75) is 11.1 Å². The molecule has 1 N–H and O–H groups in total. The minimum absolute atomic E-state index is 0.0611. The van der Waals surface area contributed by atoms with Crippen LogP contribution in [-0.2, 0) is 21.0 Å². The first kappa shape index (κ1) is 20.2. The molecule has 0 saturated carbocycles. The van der Waals surface area contributed by atoms with Gasteiger partial charge in [-0.1, -0.05) is 18.2 Å². The summed E-state index contributed by atoms with van der Waals surface area (Å²) in [4.78, 5) is 22.6. The monoisotopic (exact) mass is 452 g/mol. The van der Waals surface area contributed by atoms with Crippen LogP contribution >= 0.6 is 11.8 Å². The Morgan fingerprint density at radius 3 is 2.43 bits per heavy atom. The number of rotatable bonds is 3. The van der Waals surface area contributed by atoms with Crippen molar-refractivity contribution in [1.29, 1.82) is 0 Å². The van der Waals surface area contributed by atoms with Crippen molar-refractivity contribution in [3.63, 3.8) is 0 Å². The average Bonchev–Trinajstić information content (AvgIpc) is 3.25. The van der Waals surface area contributed by atoms with E-state index in [-0.39, 0.29) is 11.2 Å². The zero-order valence-corrected chi connectivity index (χ0v) is 16.4. The van der Waals surface area contributed by atoms with E-state index >= 15 is 0 Å². The highest BCUT2D eigenvalue weighted by Crippen LogP contribution is 2.32. The van der Waals surface area contributed by atoms with Gasteiger partial charge < -0.3 is 5.32 Å². The molecule has 1 aliphatic rings. The third-order valence-electron chi connectivity index (χ3n) is 4.39. The second-order valence-electron chi connectivity index (χ2n) is 6.28. The number of carbonyl (C=O) groups is 2. The fourth-order valence-electron chi connectivity index (χ4n) is 3.02. The topological polar surface area (TPSA) is 85.2 Å². The number of halogens is 3. The molecule has 0 bridgehead atoms. The largest absolute Gasteiger partial charge is 0.416 e. The first-order valence-corrected chi connectivity index (χ1v) is 10.6. The number of benzene rings is 2. The van der Waals surface area contributed by atoms with Gasteiger partial charge in [-0.05, 0) is 42.0 Å². The quantitative estimate of drug-likeness (QED) is 0.602. The van der Waals surface area contributed by atoms with E-state index in [1.54, 1.807) is 12.1 Å². The summed E-state index contributed by atoms with van der Waals surface area (Å²) in [6, 6.07) is 9.63. The number of fused-ring (bicyclic) bond motifs is 1. The van der Waals surface area contributed by atoms with Crippen LogP contribution in [0.4, 0.5) is 18.0 Å². The van der Waals surface area contributed by atoms with Crippen molar-refractivity contribution < 1.29 is 31.2 Å². The van der Waals surface area contributed by atoms with Gasteiger partial charge in [0.15, 0.2) is 0 Å². The Morgan fingerprint density at radius 1 is 1.03 bits per heavy atom. The molecule has 2 aromatic carbocycles. The van der Waals surface area contributed by atoms with Crippen LogP contribution in [-0.4, -0.2) is 22.7 Å². The Bertz CT molecular complexity index is 1340. The number of aromatic nitrogens is 1. The smallest absolute Gasteiger partial charge is 0.313 e. The second-order valence-corrected chi connectivity index (χ2v) is 9.04. The van der Waals surface area contributed by atoms with Gasteiger partial charge in [0, 0.05) is 23.3 Å². The molecule has 1 aliphatic heterocycles. The Hall–Kier alpha value is -3.05. The Kier molecular flexibility index (Phi) is 4.74. The lowest BCUT2D eigenvalue weighted by Gasteiger charge is -2.11. The van der Waals surface area contributed by atoms with Gasteiger partial charge in [0.2, 0.25) is 5.12 Å². The number of amides is 1. The highest BCUT2D eigenvalue weighted by molar-refractivity contribution is 8.27. The minimum Gasteiger partial charge on any atom is -0.313 e. The number of hydrogen-bond donors (Lipinski definition) is 1. The third-order valence-corrected chi connectivity index (χ3v) is 6.77. The van der Waals surface area contributed by atoms with Gasteiger partial charge in [-0.2, -0.15) is 13.2 Å². The summed E-state index contributed by atoms with van der Waals surface area (Å²) in [5.74, 6) is 0. The van der Waals surface area contributed by atoms with E-state index in [4.69, 9.17) is 0 Å². The lowest BCUT2D eigenvalue weighted by molar-refractivity contribution is -0.137. The Labute approximate surface area is 172 Å². The molecule has 0 radical (unpaired) electrons. The van der Waals surface area contributed by atoms with Crippen molar-refractivity contribution >= 4 is 49.1 Å². The SMILES string of the molecule is O=C1NC(=Cc2cccc3c2ccn3S(=O)(=O)c2cccc(C(F)(F)F)c2)C(=O)S1. The summed E-state index contributed by atoms with van der Waals surface area (Å²) in [6.07, 6.45) is -2.03. The van der Waals surface area contributed by atoms with Crippen LogP contribution in [0, 0.1) is 0 Å². The molecule has 154 valence electrons. The average molecular weight is 452 g/mol. The molecule has 1 amide bonds. The zero-order valence-electron chi connectivity index (χ0n) is 14.8. The molecule has 30 heavy (non-hydrogen) atoms. The molecule has 0 spiro atoms. The van der Waals surface area contributed by atoms with Gasteiger partial charge in [-0.15, -0.1) is 0 Å². The summed E-state index contributed by atoms with van der Waals surface area (Å²) >= 11 is 0.513. The van der Waals surface area contributed by atoms with E-state index < -0.39 is 37.0 Å². The van der Waals surface area contributed by atoms with Crippen LogP contribution in [0.3, 0.4) is 0 Å². The lowest BCUT2D eigenvalue weighted by Crippen LogP contribution is -2.13. The van der Waals surface area contributed by atoms with Crippen LogP contribution < -0.4 is 5.32 Å². The first-order chi connectivity index (χ1) is 14.1. The number of thioether (sulfide) groups is 1. The van der Waals surface area contributed by atoms with Crippen LogP contribution in [0.5, 0.6) is 0 Å². The fourth-order valence-corrected chi connectivity index (χ4v) is 4.97. The normalized spacial score (nSPS) is 16.4. The molecule has 3 aromatic rings. The van der Waals surface area contributed by atoms with Crippen LogP contribution in [0.25, 0.3) is 17.0 Å². The number of carbonyl (C=O) groups excluding carboxylic acids is 2. The van der Waals surface area contributed by atoms with E-state index in [1.807, 2.05) is 0 Å². The summed E-state index contributed by atoms with van der Waals surface area (Å²) in [6.45, 7) is 0. The predicted molar refractivity (Wildman–Crippen MR) is 105 cm³/mol. The first-order valence-electron chi connectivity index (χ1n) is 8.35. The minimum atomic E-state index is -4.68. The number of hydrogen-bond acceptors (Lipinski definition) is 5. The molecule has 0 atom stereocenters.